The van der Waals surface area contributed by atoms with Crippen molar-refractivity contribution >= 4 is 11.6 Å². The maximum absolute atomic E-state index is 11.8. The van der Waals surface area contributed by atoms with E-state index >= 15 is 0 Å². The lowest BCUT2D eigenvalue weighted by molar-refractivity contribution is 0.0365. The normalized spacial score (nSPS) is 11.2. The highest BCUT2D eigenvalue weighted by Crippen LogP contribution is 2.08. The smallest absolute Gasteiger partial charge is 0.272 e. The molecule has 3 N–H and O–H groups in total. The number of nitrogen functional groups attached to an aromatic ring is 1. The standard InChI is InChI=1S/C11H17N3O2/c1-11(2,16)7-14(3)10(15)9-5-4-8(12)6-13-9/h4-6,16H,7,12H2,1-3H3. The van der Waals surface area contributed by atoms with Gasteiger partial charge in [-0.1, -0.05) is 0 Å². The molecule has 1 amide bonds. The summed E-state index contributed by atoms with van der Waals surface area (Å²) < 4.78 is 0. The Labute approximate surface area is 94.9 Å². The second-order valence-electron chi connectivity index (χ2n) is 4.45. The third-order valence-electron chi connectivity index (χ3n) is 1.98. The predicted molar refractivity (Wildman–Crippen MR) is 61.9 cm³/mol. The zero-order valence-corrected chi connectivity index (χ0v) is 9.77. The van der Waals surface area contributed by atoms with E-state index in [0.717, 1.165) is 0 Å². The lowest BCUT2D eigenvalue weighted by atomic mass is 10.1. The Morgan fingerprint density at radius 1 is 1.56 bits per heavy atom. The van der Waals surface area contributed by atoms with Gasteiger partial charge in [-0.15, -0.1) is 0 Å². The largest absolute Gasteiger partial charge is 0.397 e. The average molecular weight is 223 g/mol. The molecule has 0 saturated heterocycles. The number of carbonyl (C=O) groups is 1. The molecule has 0 aliphatic rings. The van der Waals surface area contributed by atoms with E-state index in [1.165, 1.54) is 11.1 Å². The van der Waals surface area contributed by atoms with Crippen molar-refractivity contribution in [2.45, 2.75) is 19.4 Å². The summed E-state index contributed by atoms with van der Waals surface area (Å²) in [5.74, 6) is -0.234. The molecule has 1 heterocycles. The molecule has 0 atom stereocenters. The van der Waals surface area contributed by atoms with Crippen LogP contribution in [-0.4, -0.2) is 40.1 Å². The third kappa shape index (κ3) is 3.51. The van der Waals surface area contributed by atoms with Crippen LogP contribution in [0.5, 0.6) is 0 Å². The van der Waals surface area contributed by atoms with Crippen LogP contribution in [-0.2, 0) is 0 Å². The molecule has 0 saturated carbocycles. The second kappa shape index (κ2) is 4.49. The first-order chi connectivity index (χ1) is 7.29. The van der Waals surface area contributed by atoms with Crippen LogP contribution >= 0.6 is 0 Å². The molecule has 0 unspecified atom stereocenters. The molecular weight excluding hydrogens is 206 g/mol. The van der Waals surface area contributed by atoms with Crippen molar-refractivity contribution in [3.8, 4) is 0 Å². The Bertz CT molecular complexity index is 368. The number of hydrogen-bond acceptors (Lipinski definition) is 4. The van der Waals surface area contributed by atoms with Gasteiger partial charge in [-0.3, -0.25) is 4.79 Å². The van der Waals surface area contributed by atoms with E-state index in [0.29, 0.717) is 11.4 Å². The summed E-state index contributed by atoms with van der Waals surface area (Å²) in [7, 11) is 1.62. The Balaban J connectivity index is 2.74. The molecule has 5 heteroatoms. The van der Waals surface area contributed by atoms with E-state index in [2.05, 4.69) is 4.98 Å². The van der Waals surface area contributed by atoms with Crippen molar-refractivity contribution in [1.29, 1.82) is 0 Å². The van der Waals surface area contributed by atoms with Crippen LogP contribution in [0.1, 0.15) is 24.3 Å². The van der Waals surface area contributed by atoms with E-state index in [1.807, 2.05) is 0 Å². The number of aromatic nitrogens is 1. The zero-order valence-electron chi connectivity index (χ0n) is 9.77. The molecule has 16 heavy (non-hydrogen) atoms. The number of hydrogen-bond donors (Lipinski definition) is 2. The fourth-order valence-electron chi connectivity index (χ4n) is 1.38. The minimum atomic E-state index is -0.918. The Kier molecular flexibility index (Phi) is 3.49. The fraction of sp³-hybridized carbons (Fsp3) is 0.455. The topological polar surface area (TPSA) is 79.5 Å². The lowest BCUT2D eigenvalue weighted by Gasteiger charge is -2.25. The number of anilines is 1. The summed E-state index contributed by atoms with van der Waals surface area (Å²) in [5.41, 5.74) is 5.39. The van der Waals surface area contributed by atoms with Crippen molar-refractivity contribution in [2.24, 2.45) is 0 Å². The van der Waals surface area contributed by atoms with Crippen molar-refractivity contribution in [1.82, 2.24) is 9.88 Å². The van der Waals surface area contributed by atoms with Gasteiger partial charge in [-0.05, 0) is 26.0 Å². The van der Waals surface area contributed by atoms with Crippen molar-refractivity contribution in [3.05, 3.63) is 24.0 Å². The van der Waals surface area contributed by atoms with Gasteiger partial charge in [0.15, 0.2) is 0 Å². The molecule has 1 aromatic rings. The van der Waals surface area contributed by atoms with E-state index in [1.54, 1.807) is 33.0 Å². The summed E-state index contributed by atoms with van der Waals surface area (Å²) in [6.45, 7) is 3.54. The van der Waals surface area contributed by atoms with Gasteiger partial charge in [0.2, 0.25) is 0 Å². The third-order valence-corrected chi connectivity index (χ3v) is 1.98. The number of pyridine rings is 1. The van der Waals surface area contributed by atoms with Crippen molar-refractivity contribution in [2.75, 3.05) is 19.3 Å². The minimum absolute atomic E-state index is 0.234. The molecule has 0 aliphatic carbocycles. The highest BCUT2D eigenvalue weighted by Gasteiger charge is 2.20. The van der Waals surface area contributed by atoms with Gasteiger partial charge in [0.1, 0.15) is 5.69 Å². The number of nitrogens with zero attached hydrogens (tertiary/aromatic N) is 2. The monoisotopic (exact) mass is 223 g/mol. The van der Waals surface area contributed by atoms with Crippen LogP contribution in [0.4, 0.5) is 5.69 Å². The fourth-order valence-corrected chi connectivity index (χ4v) is 1.38. The summed E-state index contributed by atoms with van der Waals surface area (Å²) in [6.07, 6.45) is 1.44. The second-order valence-corrected chi connectivity index (χ2v) is 4.45. The molecule has 1 aromatic heterocycles. The molecule has 0 fully saturated rings. The summed E-state index contributed by atoms with van der Waals surface area (Å²) in [4.78, 5) is 17.2. The molecule has 0 spiro atoms. The number of aliphatic hydroxyl groups is 1. The van der Waals surface area contributed by atoms with Gasteiger partial charge in [-0.2, -0.15) is 0 Å². The SMILES string of the molecule is CN(CC(C)(C)O)C(=O)c1ccc(N)cn1. The Morgan fingerprint density at radius 2 is 2.19 bits per heavy atom. The first-order valence-corrected chi connectivity index (χ1v) is 4.99. The van der Waals surface area contributed by atoms with Gasteiger partial charge in [0.25, 0.3) is 5.91 Å². The summed E-state index contributed by atoms with van der Waals surface area (Å²) in [5, 5.41) is 9.59. The predicted octanol–water partition coefficient (Wildman–Crippen LogP) is 0.507. The molecule has 0 aromatic carbocycles. The quantitative estimate of drug-likeness (QED) is 0.782. The number of carbonyl (C=O) groups excluding carboxylic acids is 1. The van der Waals surface area contributed by atoms with Gasteiger partial charge in [0, 0.05) is 13.6 Å². The van der Waals surface area contributed by atoms with Crippen molar-refractivity contribution in [3.63, 3.8) is 0 Å². The first kappa shape index (κ1) is 12.4. The molecular formula is C11H17N3O2. The van der Waals surface area contributed by atoms with Crippen LogP contribution in [0.15, 0.2) is 18.3 Å². The maximum Gasteiger partial charge on any atom is 0.272 e. The molecule has 88 valence electrons. The molecule has 5 nitrogen and oxygen atoms in total. The minimum Gasteiger partial charge on any atom is -0.397 e. The number of amides is 1. The molecule has 1 rings (SSSR count). The Morgan fingerprint density at radius 3 is 2.62 bits per heavy atom. The van der Waals surface area contributed by atoms with E-state index in [4.69, 9.17) is 5.73 Å². The van der Waals surface area contributed by atoms with Gasteiger partial charge in [-0.25, -0.2) is 4.98 Å². The van der Waals surface area contributed by atoms with Crippen LogP contribution in [0, 0.1) is 0 Å². The van der Waals surface area contributed by atoms with Crippen LogP contribution in [0.2, 0.25) is 0 Å². The zero-order chi connectivity index (χ0) is 12.3. The molecule has 0 radical (unpaired) electrons. The maximum atomic E-state index is 11.8. The number of nitrogens with two attached hydrogens (primary N) is 1. The Hall–Kier alpha value is -1.62. The molecule has 0 bridgehead atoms. The van der Waals surface area contributed by atoms with E-state index in [9.17, 15) is 9.90 Å². The summed E-state index contributed by atoms with van der Waals surface area (Å²) in [6, 6.07) is 3.19. The van der Waals surface area contributed by atoms with E-state index < -0.39 is 5.60 Å². The highest BCUT2D eigenvalue weighted by molar-refractivity contribution is 5.92. The van der Waals surface area contributed by atoms with E-state index in [-0.39, 0.29) is 12.5 Å². The van der Waals surface area contributed by atoms with Crippen LogP contribution < -0.4 is 5.73 Å². The van der Waals surface area contributed by atoms with Gasteiger partial charge < -0.3 is 15.7 Å². The first-order valence-electron chi connectivity index (χ1n) is 4.99. The number of likely N-dealkylation sites (N-methyl/N-ethyl adjacent to an activating group) is 1. The van der Waals surface area contributed by atoms with Gasteiger partial charge >= 0.3 is 0 Å². The lowest BCUT2D eigenvalue weighted by Crippen LogP contribution is -2.39. The highest BCUT2D eigenvalue weighted by atomic mass is 16.3. The van der Waals surface area contributed by atoms with Gasteiger partial charge in [0.05, 0.1) is 17.5 Å². The molecule has 0 aliphatic heterocycles. The number of rotatable bonds is 3. The van der Waals surface area contributed by atoms with Crippen molar-refractivity contribution < 1.29 is 9.90 Å². The van der Waals surface area contributed by atoms with Crippen LogP contribution in [0.3, 0.4) is 0 Å². The summed E-state index contributed by atoms with van der Waals surface area (Å²) >= 11 is 0. The average Bonchev–Trinajstić information content (AvgIpc) is 2.15. The van der Waals surface area contributed by atoms with Crippen LogP contribution in [0.25, 0.3) is 0 Å².